The van der Waals surface area contributed by atoms with E-state index in [4.69, 9.17) is 4.74 Å². The fourth-order valence-electron chi connectivity index (χ4n) is 4.45. The number of nitrogens with one attached hydrogen (secondary N) is 1. The topological polar surface area (TPSA) is 44.8 Å². The Morgan fingerprint density at radius 3 is 2.37 bits per heavy atom. The minimum absolute atomic E-state index is 0.120. The molecular weight excluding hydrogens is 374 g/mol. The standard InChI is InChI=1S/C25H33N3O2/c1-30-24-9-5-20(6-10-24)11-13-27-15-17-28(18-16-27)14-12-25(29)26-23-8-7-21-3-2-4-22(21)19-23/h5-10,19H,2-4,11-18H2,1H3,(H,26,29). The minimum Gasteiger partial charge on any atom is -0.497 e. The van der Waals surface area contributed by atoms with Gasteiger partial charge in [-0.15, -0.1) is 0 Å². The Morgan fingerprint density at radius 2 is 1.63 bits per heavy atom. The predicted molar refractivity (Wildman–Crippen MR) is 121 cm³/mol. The van der Waals surface area contributed by atoms with Crippen LogP contribution in [0, 0.1) is 0 Å². The molecule has 30 heavy (non-hydrogen) atoms. The molecule has 5 nitrogen and oxygen atoms in total. The largest absolute Gasteiger partial charge is 0.497 e. The minimum atomic E-state index is 0.120. The quantitative estimate of drug-likeness (QED) is 0.729. The third-order valence-electron chi connectivity index (χ3n) is 6.38. The van der Waals surface area contributed by atoms with Crippen molar-refractivity contribution < 1.29 is 9.53 Å². The lowest BCUT2D eigenvalue weighted by Gasteiger charge is -2.34. The number of aryl methyl sites for hydroxylation is 2. The number of amides is 1. The van der Waals surface area contributed by atoms with Crippen LogP contribution in [0.4, 0.5) is 5.69 Å². The predicted octanol–water partition coefficient (Wildman–Crippen LogP) is 3.37. The summed E-state index contributed by atoms with van der Waals surface area (Å²) in [6, 6.07) is 14.7. The summed E-state index contributed by atoms with van der Waals surface area (Å²) in [5, 5.41) is 3.08. The van der Waals surface area contributed by atoms with Crippen LogP contribution in [0.25, 0.3) is 0 Å². The maximum atomic E-state index is 12.4. The van der Waals surface area contributed by atoms with Crippen LogP contribution < -0.4 is 10.1 Å². The number of methoxy groups -OCH3 is 1. The Hall–Kier alpha value is -2.37. The number of hydrogen-bond donors (Lipinski definition) is 1. The molecule has 1 fully saturated rings. The number of ether oxygens (including phenoxy) is 1. The molecule has 1 aliphatic carbocycles. The van der Waals surface area contributed by atoms with E-state index >= 15 is 0 Å². The van der Waals surface area contributed by atoms with Gasteiger partial charge in [0.2, 0.25) is 5.91 Å². The lowest BCUT2D eigenvalue weighted by Crippen LogP contribution is -2.47. The molecule has 1 heterocycles. The molecular formula is C25H33N3O2. The Kier molecular flexibility index (Phi) is 7.03. The summed E-state index contributed by atoms with van der Waals surface area (Å²) in [5.41, 5.74) is 5.14. The highest BCUT2D eigenvalue weighted by Gasteiger charge is 2.18. The maximum Gasteiger partial charge on any atom is 0.225 e. The van der Waals surface area contributed by atoms with Crippen LogP contribution in [0.5, 0.6) is 5.75 Å². The van der Waals surface area contributed by atoms with E-state index in [1.165, 1.54) is 29.5 Å². The first kappa shape index (κ1) is 20.9. The van der Waals surface area contributed by atoms with Crippen LogP contribution >= 0.6 is 0 Å². The molecule has 1 N–H and O–H groups in total. The van der Waals surface area contributed by atoms with Crippen LogP contribution in [0.3, 0.4) is 0 Å². The molecule has 0 bridgehead atoms. The molecule has 0 radical (unpaired) electrons. The fourth-order valence-corrected chi connectivity index (χ4v) is 4.45. The van der Waals surface area contributed by atoms with E-state index in [2.05, 4.69) is 39.4 Å². The van der Waals surface area contributed by atoms with Crippen molar-refractivity contribution in [3.05, 3.63) is 59.2 Å². The Morgan fingerprint density at radius 1 is 0.933 bits per heavy atom. The molecule has 2 aromatic rings. The Labute approximate surface area is 180 Å². The highest BCUT2D eigenvalue weighted by Crippen LogP contribution is 2.25. The van der Waals surface area contributed by atoms with Gasteiger partial charge in [0.05, 0.1) is 7.11 Å². The number of fused-ring (bicyclic) bond motifs is 1. The molecule has 1 aliphatic heterocycles. The Balaban J connectivity index is 1.13. The maximum absolute atomic E-state index is 12.4. The lowest BCUT2D eigenvalue weighted by molar-refractivity contribution is -0.116. The smallest absolute Gasteiger partial charge is 0.225 e. The molecule has 0 aromatic heterocycles. The van der Waals surface area contributed by atoms with Crippen molar-refractivity contribution in [2.45, 2.75) is 32.1 Å². The van der Waals surface area contributed by atoms with Crippen LogP contribution in [-0.2, 0) is 24.1 Å². The highest BCUT2D eigenvalue weighted by atomic mass is 16.5. The van der Waals surface area contributed by atoms with E-state index in [1.54, 1.807) is 7.11 Å². The zero-order valence-electron chi connectivity index (χ0n) is 18.0. The van der Waals surface area contributed by atoms with Gasteiger partial charge in [-0.25, -0.2) is 0 Å². The summed E-state index contributed by atoms with van der Waals surface area (Å²) in [5.74, 6) is 1.03. The van der Waals surface area contributed by atoms with E-state index in [0.29, 0.717) is 6.42 Å². The number of rotatable bonds is 8. The van der Waals surface area contributed by atoms with Gasteiger partial charge in [-0.2, -0.15) is 0 Å². The SMILES string of the molecule is COc1ccc(CCN2CCN(CCC(=O)Nc3ccc4c(c3)CCC4)CC2)cc1. The van der Waals surface area contributed by atoms with Gasteiger partial charge < -0.3 is 19.9 Å². The van der Waals surface area contributed by atoms with Crippen LogP contribution in [0.15, 0.2) is 42.5 Å². The number of hydrogen-bond acceptors (Lipinski definition) is 4. The number of carbonyl (C=O) groups excluding carboxylic acids is 1. The van der Waals surface area contributed by atoms with Gasteiger partial charge in [0.25, 0.3) is 0 Å². The van der Waals surface area contributed by atoms with Gasteiger partial charge in [0, 0.05) is 51.4 Å². The zero-order valence-corrected chi connectivity index (χ0v) is 18.0. The molecule has 0 spiro atoms. The molecule has 1 amide bonds. The molecule has 2 aliphatic rings. The van der Waals surface area contributed by atoms with Crippen molar-refractivity contribution in [3.8, 4) is 5.75 Å². The second-order valence-corrected chi connectivity index (χ2v) is 8.42. The van der Waals surface area contributed by atoms with Crippen molar-refractivity contribution in [1.29, 1.82) is 0 Å². The fraction of sp³-hybridized carbons (Fsp3) is 0.480. The third kappa shape index (κ3) is 5.61. The average Bonchev–Trinajstić information content (AvgIpc) is 3.25. The van der Waals surface area contributed by atoms with E-state index < -0.39 is 0 Å². The van der Waals surface area contributed by atoms with Gasteiger partial charge in [-0.3, -0.25) is 4.79 Å². The van der Waals surface area contributed by atoms with Crippen LogP contribution in [0.2, 0.25) is 0 Å². The monoisotopic (exact) mass is 407 g/mol. The van der Waals surface area contributed by atoms with Gasteiger partial charge in [0.1, 0.15) is 5.75 Å². The number of carbonyl (C=O) groups is 1. The van der Waals surface area contributed by atoms with Crippen LogP contribution in [-0.4, -0.2) is 62.1 Å². The molecule has 160 valence electrons. The average molecular weight is 408 g/mol. The van der Waals surface area contributed by atoms with Gasteiger partial charge in [-0.05, 0) is 66.6 Å². The van der Waals surface area contributed by atoms with Crippen molar-refractivity contribution >= 4 is 11.6 Å². The molecule has 1 saturated heterocycles. The third-order valence-corrected chi connectivity index (χ3v) is 6.38. The number of nitrogens with zero attached hydrogens (tertiary/aromatic N) is 2. The van der Waals surface area contributed by atoms with E-state index in [9.17, 15) is 4.79 Å². The van der Waals surface area contributed by atoms with Gasteiger partial charge in [-0.1, -0.05) is 18.2 Å². The van der Waals surface area contributed by atoms with Crippen LogP contribution in [0.1, 0.15) is 29.5 Å². The van der Waals surface area contributed by atoms with E-state index in [0.717, 1.165) is 63.5 Å². The van der Waals surface area contributed by atoms with Gasteiger partial charge in [0.15, 0.2) is 0 Å². The Bertz CT molecular complexity index is 842. The van der Waals surface area contributed by atoms with Crippen molar-refractivity contribution in [3.63, 3.8) is 0 Å². The molecule has 0 saturated carbocycles. The van der Waals surface area contributed by atoms with Crippen molar-refractivity contribution in [1.82, 2.24) is 9.80 Å². The zero-order chi connectivity index (χ0) is 20.8. The molecule has 2 aromatic carbocycles. The first-order chi connectivity index (χ1) is 14.7. The summed E-state index contributed by atoms with van der Waals surface area (Å²) in [7, 11) is 1.70. The van der Waals surface area contributed by atoms with Gasteiger partial charge >= 0.3 is 0 Å². The molecule has 4 rings (SSSR count). The number of piperazine rings is 1. The first-order valence-corrected chi connectivity index (χ1v) is 11.2. The summed E-state index contributed by atoms with van der Waals surface area (Å²) in [6.07, 6.45) is 5.17. The summed E-state index contributed by atoms with van der Waals surface area (Å²) in [4.78, 5) is 17.3. The second kappa shape index (κ2) is 10.1. The lowest BCUT2D eigenvalue weighted by atomic mass is 10.1. The molecule has 5 heteroatoms. The first-order valence-electron chi connectivity index (χ1n) is 11.2. The van der Waals surface area contributed by atoms with E-state index in [1.807, 2.05) is 18.2 Å². The molecule has 0 unspecified atom stereocenters. The summed E-state index contributed by atoms with van der Waals surface area (Å²) < 4.78 is 5.22. The summed E-state index contributed by atoms with van der Waals surface area (Å²) in [6.45, 7) is 6.14. The van der Waals surface area contributed by atoms with Crippen molar-refractivity contribution in [2.24, 2.45) is 0 Å². The number of anilines is 1. The van der Waals surface area contributed by atoms with Crippen molar-refractivity contribution in [2.75, 3.05) is 51.7 Å². The highest BCUT2D eigenvalue weighted by molar-refractivity contribution is 5.91. The second-order valence-electron chi connectivity index (χ2n) is 8.42. The summed E-state index contributed by atoms with van der Waals surface area (Å²) >= 11 is 0. The number of benzene rings is 2. The normalized spacial score (nSPS) is 17.0. The van der Waals surface area contributed by atoms with E-state index in [-0.39, 0.29) is 5.91 Å². The molecule has 0 atom stereocenters.